The molecule has 0 radical (unpaired) electrons. The second kappa shape index (κ2) is 3.28. The molecule has 4 nitrogen and oxygen atoms in total. The predicted molar refractivity (Wildman–Crippen MR) is 69.1 cm³/mol. The molecule has 2 N–H and O–H groups in total. The summed E-state index contributed by atoms with van der Waals surface area (Å²) < 4.78 is 2.04. The highest BCUT2D eigenvalue weighted by Crippen LogP contribution is 2.45. The molecule has 1 unspecified atom stereocenters. The smallest absolute Gasteiger partial charge is 0.352 e. The number of carboxylic acid groups (broad SMARTS) is 1. The molecule has 1 fully saturated rings. The number of aromatic carboxylic acids is 1. The van der Waals surface area contributed by atoms with Crippen LogP contribution in [0.1, 0.15) is 29.4 Å². The van der Waals surface area contributed by atoms with E-state index < -0.39 is 5.97 Å². The lowest BCUT2D eigenvalue weighted by Crippen LogP contribution is -2.27. The average molecular weight is 242 g/mol. The van der Waals surface area contributed by atoms with Crippen molar-refractivity contribution in [3.8, 4) is 0 Å². The number of rotatable bonds is 2. The van der Waals surface area contributed by atoms with Gasteiger partial charge in [-0.2, -0.15) is 0 Å². The van der Waals surface area contributed by atoms with Crippen LogP contribution in [0.25, 0.3) is 10.9 Å². The van der Waals surface area contributed by atoms with Gasteiger partial charge in [-0.05, 0) is 30.9 Å². The number of nitrogens with zero attached hydrogens (tertiary/aromatic N) is 1. The third-order valence-electron chi connectivity index (χ3n) is 4.08. The first-order valence-electron chi connectivity index (χ1n) is 6.37. The van der Waals surface area contributed by atoms with Crippen LogP contribution in [-0.4, -0.2) is 22.2 Å². The van der Waals surface area contributed by atoms with E-state index in [4.69, 9.17) is 0 Å². The average Bonchev–Trinajstić information content (AvgIpc) is 3.12. The fraction of sp³-hybridized carbons (Fsp3) is 0.357. The van der Waals surface area contributed by atoms with Crippen molar-refractivity contribution in [1.82, 2.24) is 4.57 Å². The fourth-order valence-electron chi connectivity index (χ4n) is 3.10. The Bertz CT molecular complexity index is 655. The minimum atomic E-state index is -0.829. The zero-order chi connectivity index (χ0) is 12.3. The fourth-order valence-corrected chi connectivity index (χ4v) is 3.10. The molecule has 2 aliphatic rings. The Balaban J connectivity index is 2.05. The van der Waals surface area contributed by atoms with E-state index in [9.17, 15) is 9.90 Å². The molecule has 0 saturated heterocycles. The van der Waals surface area contributed by atoms with Gasteiger partial charge in [-0.15, -0.1) is 0 Å². The van der Waals surface area contributed by atoms with Gasteiger partial charge in [0, 0.05) is 11.9 Å². The summed E-state index contributed by atoms with van der Waals surface area (Å²) in [6.45, 7) is 0.839. The third kappa shape index (κ3) is 1.23. The first-order valence-corrected chi connectivity index (χ1v) is 6.37. The van der Waals surface area contributed by atoms with Gasteiger partial charge < -0.3 is 15.0 Å². The molecule has 1 aromatic heterocycles. The summed E-state index contributed by atoms with van der Waals surface area (Å²) in [6.07, 6.45) is 2.43. The van der Waals surface area contributed by atoms with Gasteiger partial charge >= 0.3 is 5.97 Å². The van der Waals surface area contributed by atoms with Crippen LogP contribution < -0.4 is 5.32 Å². The number of aromatic nitrogens is 1. The van der Waals surface area contributed by atoms with Crippen molar-refractivity contribution in [3.63, 3.8) is 0 Å². The van der Waals surface area contributed by atoms with Crippen molar-refractivity contribution in [1.29, 1.82) is 0 Å². The summed E-state index contributed by atoms with van der Waals surface area (Å²) >= 11 is 0. The number of hydrogen-bond donors (Lipinski definition) is 2. The molecule has 1 saturated carbocycles. The predicted octanol–water partition coefficient (Wildman–Crippen LogP) is 2.72. The van der Waals surface area contributed by atoms with Gasteiger partial charge in [-0.25, -0.2) is 4.79 Å². The number of benzene rings is 1. The van der Waals surface area contributed by atoms with Gasteiger partial charge in [0.05, 0.1) is 17.2 Å². The molecule has 2 aromatic rings. The van der Waals surface area contributed by atoms with Crippen LogP contribution in [0, 0.1) is 5.92 Å². The topological polar surface area (TPSA) is 54.3 Å². The van der Waals surface area contributed by atoms with E-state index >= 15 is 0 Å². The Labute approximate surface area is 104 Å². The third-order valence-corrected chi connectivity index (χ3v) is 4.08. The van der Waals surface area contributed by atoms with Crippen LogP contribution in [0.2, 0.25) is 0 Å². The number of nitrogens with one attached hydrogen (secondary N) is 1. The molecule has 1 aliphatic carbocycles. The van der Waals surface area contributed by atoms with Crippen LogP contribution in [0.15, 0.2) is 24.3 Å². The van der Waals surface area contributed by atoms with E-state index in [1.54, 1.807) is 6.07 Å². The van der Waals surface area contributed by atoms with E-state index in [-0.39, 0.29) is 0 Å². The van der Waals surface area contributed by atoms with Gasteiger partial charge in [0.25, 0.3) is 0 Å². The van der Waals surface area contributed by atoms with Crippen LogP contribution in [-0.2, 0) is 0 Å². The Kier molecular flexibility index (Phi) is 1.82. The number of para-hydroxylation sites is 1. The molecule has 0 bridgehead atoms. The zero-order valence-corrected chi connectivity index (χ0v) is 9.89. The summed E-state index contributed by atoms with van der Waals surface area (Å²) in [5.74, 6) is -0.191. The number of carboxylic acids is 1. The number of carbonyl (C=O) groups is 1. The van der Waals surface area contributed by atoms with Gasteiger partial charge in [0.15, 0.2) is 0 Å². The maximum absolute atomic E-state index is 11.4. The van der Waals surface area contributed by atoms with Gasteiger partial charge in [0.2, 0.25) is 0 Å². The van der Waals surface area contributed by atoms with Crippen molar-refractivity contribution in [2.45, 2.75) is 18.9 Å². The van der Waals surface area contributed by atoms with Crippen LogP contribution >= 0.6 is 0 Å². The summed E-state index contributed by atoms with van der Waals surface area (Å²) in [6, 6.07) is 8.07. The van der Waals surface area contributed by atoms with Crippen molar-refractivity contribution in [2.24, 2.45) is 5.92 Å². The van der Waals surface area contributed by atoms with E-state index in [1.165, 1.54) is 12.8 Å². The molecule has 0 spiro atoms. The van der Waals surface area contributed by atoms with Crippen molar-refractivity contribution in [2.75, 3.05) is 11.9 Å². The maximum atomic E-state index is 11.4. The zero-order valence-electron chi connectivity index (χ0n) is 9.89. The first-order chi connectivity index (χ1) is 8.75. The van der Waals surface area contributed by atoms with Crippen LogP contribution in [0.5, 0.6) is 0 Å². The highest BCUT2D eigenvalue weighted by Gasteiger charge is 2.37. The molecule has 1 atom stereocenters. The summed E-state index contributed by atoms with van der Waals surface area (Å²) in [4.78, 5) is 11.4. The highest BCUT2D eigenvalue weighted by molar-refractivity contribution is 6.00. The van der Waals surface area contributed by atoms with E-state index in [0.717, 1.165) is 23.1 Å². The Morgan fingerprint density at radius 2 is 2.22 bits per heavy atom. The molecular weight excluding hydrogens is 228 g/mol. The Morgan fingerprint density at radius 3 is 2.94 bits per heavy atom. The second-order valence-corrected chi connectivity index (χ2v) is 5.23. The van der Waals surface area contributed by atoms with Crippen molar-refractivity contribution < 1.29 is 9.90 Å². The standard InChI is InChI=1S/C14H14N2O2/c17-14(18)11-6-9-2-1-3-10-13(9)16(11)12(7-15-10)8-4-5-8/h1-3,6,8,12,15H,4-5,7H2,(H,17,18). The number of anilines is 1. The molecule has 4 heteroatoms. The molecule has 4 rings (SSSR count). The summed E-state index contributed by atoms with van der Waals surface area (Å²) in [5.41, 5.74) is 2.53. The van der Waals surface area contributed by atoms with Crippen molar-refractivity contribution >= 4 is 22.6 Å². The Morgan fingerprint density at radius 1 is 1.39 bits per heavy atom. The van der Waals surface area contributed by atoms with E-state index in [2.05, 4.69) is 5.32 Å². The Hall–Kier alpha value is -1.97. The van der Waals surface area contributed by atoms with Gasteiger partial charge in [-0.3, -0.25) is 0 Å². The maximum Gasteiger partial charge on any atom is 0.352 e. The second-order valence-electron chi connectivity index (χ2n) is 5.23. The lowest BCUT2D eigenvalue weighted by molar-refractivity contribution is 0.0682. The highest BCUT2D eigenvalue weighted by atomic mass is 16.4. The largest absolute Gasteiger partial charge is 0.477 e. The molecule has 18 heavy (non-hydrogen) atoms. The van der Waals surface area contributed by atoms with Crippen LogP contribution in [0.4, 0.5) is 5.69 Å². The first kappa shape index (κ1) is 10.00. The van der Waals surface area contributed by atoms with Gasteiger partial charge in [0.1, 0.15) is 5.69 Å². The molecule has 92 valence electrons. The SMILES string of the molecule is O=C(O)c1cc2cccc3c2n1C(C1CC1)CN3. The minimum absolute atomic E-state index is 0.295. The lowest BCUT2D eigenvalue weighted by atomic mass is 10.1. The quantitative estimate of drug-likeness (QED) is 0.851. The van der Waals surface area contributed by atoms with E-state index in [0.29, 0.717) is 17.7 Å². The van der Waals surface area contributed by atoms with Gasteiger partial charge in [-0.1, -0.05) is 12.1 Å². The lowest BCUT2D eigenvalue weighted by Gasteiger charge is -2.28. The van der Waals surface area contributed by atoms with E-state index in [1.807, 2.05) is 22.8 Å². The summed E-state index contributed by atoms with van der Waals surface area (Å²) in [5, 5.41) is 13.8. The van der Waals surface area contributed by atoms with Crippen LogP contribution in [0.3, 0.4) is 0 Å². The normalized spacial score (nSPS) is 21.9. The minimum Gasteiger partial charge on any atom is -0.477 e. The molecule has 2 heterocycles. The van der Waals surface area contributed by atoms with Crippen molar-refractivity contribution in [3.05, 3.63) is 30.0 Å². The molecule has 0 amide bonds. The molecule has 1 aliphatic heterocycles. The molecule has 1 aromatic carbocycles. The molecular formula is C14H14N2O2. The number of hydrogen-bond acceptors (Lipinski definition) is 2. The summed E-state index contributed by atoms with van der Waals surface area (Å²) in [7, 11) is 0. The monoisotopic (exact) mass is 242 g/mol.